The zero-order valence-electron chi connectivity index (χ0n) is 33.8. The number of rotatable bonds is 22. The molecule has 2 rings (SSSR count). The smallest absolute Gasteiger partial charge is 0.406 e. The first kappa shape index (κ1) is 47.5. The monoisotopic (exact) mass is 790 g/mol. The van der Waals surface area contributed by atoms with E-state index in [4.69, 9.17) is 5.73 Å². The van der Waals surface area contributed by atoms with Crippen LogP contribution in [0.2, 0.25) is 0 Å². The summed E-state index contributed by atoms with van der Waals surface area (Å²) in [6, 6.07) is 8.94. The molecule has 15 heteroatoms. The Bertz CT molecular complexity index is 1550. The van der Waals surface area contributed by atoms with E-state index < -0.39 is 71.9 Å². The van der Waals surface area contributed by atoms with Gasteiger partial charge in [-0.3, -0.25) is 24.0 Å². The molecule has 0 saturated heterocycles. The van der Waals surface area contributed by atoms with Gasteiger partial charge in [-0.05, 0) is 73.3 Å². The highest BCUT2D eigenvalue weighted by molar-refractivity contribution is 5.98. The van der Waals surface area contributed by atoms with Crippen LogP contribution in [0, 0.1) is 17.8 Å². The number of hydrogen-bond donors (Lipinski definition) is 6. The summed E-state index contributed by atoms with van der Waals surface area (Å²) in [5.41, 5.74) is 7.50. The van der Waals surface area contributed by atoms with Gasteiger partial charge in [-0.2, -0.15) is 0 Å². The molecule has 312 valence electrons. The first-order chi connectivity index (χ1) is 26.3. The van der Waals surface area contributed by atoms with Crippen LogP contribution in [0.4, 0.5) is 13.2 Å². The molecule has 6 atom stereocenters. The van der Waals surface area contributed by atoms with Gasteiger partial charge >= 0.3 is 6.36 Å². The first-order valence-corrected chi connectivity index (χ1v) is 19.4. The Morgan fingerprint density at radius 1 is 0.714 bits per heavy atom. The van der Waals surface area contributed by atoms with E-state index in [2.05, 4.69) is 31.3 Å². The molecule has 0 saturated carbocycles. The fraction of sp³-hybridized carbons (Fsp3) is 0.585. The van der Waals surface area contributed by atoms with Crippen molar-refractivity contribution in [2.45, 2.75) is 137 Å². The lowest BCUT2D eigenvalue weighted by molar-refractivity contribution is -0.274. The molecular formula is C41H61F3N6O6. The standard InChI is InChI=1S/C41H61F3N6O6/c1-9-26(8)36(40(55)46-29(10-2)11-3)49-34(51)23-31(45)32(22-27-15-13-12-14-16-27)47-39(54)35(25(6)7)50-38(53)33(21-24(4)5)48-37(52)28-17-19-30(20-18-28)56-41(42,43)44/h12-20,24-26,29,31-33,35-36H,9-11,21-23,45H2,1-8H3,(H,46,55)(H,47,54)(H,48,52)(H,49,51)(H,50,53)/t26-,31-,32-,33-,35?,36-/m0/s1. The Balaban J connectivity index is 2.26. The van der Waals surface area contributed by atoms with Crippen molar-refractivity contribution in [3.63, 3.8) is 0 Å². The van der Waals surface area contributed by atoms with E-state index in [0.29, 0.717) is 6.42 Å². The van der Waals surface area contributed by atoms with Gasteiger partial charge < -0.3 is 37.1 Å². The van der Waals surface area contributed by atoms with Crippen LogP contribution in [0.15, 0.2) is 54.6 Å². The minimum atomic E-state index is -4.90. The fourth-order valence-corrected chi connectivity index (χ4v) is 6.07. The van der Waals surface area contributed by atoms with Crippen LogP contribution in [0.5, 0.6) is 5.75 Å². The maximum absolute atomic E-state index is 14.0. The van der Waals surface area contributed by atoms with Crippen LogP contribution in [-0.2, 0) is 25.6 Å². The van der Waals surface area contributed by atoms with E-state index in [9.17, 15) is 37.1 Å². The molecule has 0 fully saturated rings. The summed E-state index contributed by atoms with van der Waals surface area (Å²) >= 11 is 0. The molecule has 0 aliphatic heterocycles. The van der Waals surface area contributed by atoms with Gasteiger partial charge in [0.05, 0.1) is 0 Å². The summed E-state index contributed by atoms with van der Waals surface area (Å²) in [4.78, 5) is 67.5. The number of benzene rings is 2. The fourth-order valence-electron chi connectivity index (χ4n) is 6.07. The van der Waals surface area contributed by atoms with Crippen molar-refractivity contribution < 1.29 is 41.9 Å². The molecule has 7 N–H and O–H groups in total. The second-order valence-electron chi connectivity index (χ2n) is 15.1. The van der Waals surface area contributed by atoms with Crippen molar-refractivity contribution in [3.05, 3.63) is 65.7 Å². The zero-order valence-corrected chi connectivity index (χ0v) is 33.8. The Kier molecular flexibility index (Phi) is 19.3. The minimum absolute atomic E-state index is 0.00299. The van der Waals surface area contributed by atoms with E-state index in [1.165, 1.54) is 0 Å². The lowest BCUT2D eigenvalue weighted by Gasteiger charge is -2.31. The molecule has 2 aromatic rings. The predicted molar refractivity (Wildman–Crippen MR) is 209 cm³/mol. The third kappa shape index (κ3) is 16.2. The van der Waals surface area contributed by atoms with Crippen molar-refractivity contribution >= 4 is 29.5 Å². The molecule has 0 radical (unpaired) electrons. The summed E-state index contributed by atoms with van der Waals surface area (Å²) in [6.07, 6.45) is -2.48. The molecule has 2 aromatic carbocycles. The molecule has 0 heterocycles. The predicted octanol–water partition coefficient (Wildman–Crippen LogP) is 5.15. The summed E-state index contributed by atoms with van der Waals surface area (Å²) < 4.78 is 41.7. The molecule has 56 heavy (non-hydrogen) atoms. The second kappa shape index (κ2) is 22.8. The molecule has 0 aliphatic carbocycles. The summed E-state index contributed by atoms with van der Waals surface area (Å²) in [5.74, 6) is -3.74. The van der Waals surface area contributed by atoms with Crippen molar-refractivity contribution in [1.29, 1.82) is 0 Å². The van der Waals surface area contributed by atoms with E-state index in [-0.39, 0.29) is 48.6 Å². The largest absolute Gasteiger partial charge is 0.573 e. The van der Waals surface area contributed by atoms with Gasteiger partial charge in [0.1, 0.15) is 23.9 Å². The highest BCUT2D eigenvalue weighted by Crippen LogP contribution is 2.23. The maximum Gasteiger partial charge on any atom is 0.573 e. The van der Waals surface area contributed by atoms with Crippen LogP contribution >= 0.6 is 0 Å². The number of carbonyl (C=O) groups excluding carboxylic acids is 5. The molecule has 0 spiro atoms. The second-order valence-corrected chi connectivity index (χ2v) is 15.1. The number of carbonyl (C=O) groups is 5. The van der Waals surface area contributed by atoms with Crippen molar-refractivity contribution in [2.24, 2.45) is 23.5 Å². The average Bonchev–Trinajstić information content (AvgIpc) is 3.13. The van der Waals surface area contributed by atoms with Crippen LogP contribution in [0.25, 0.3) is 0 Å². The normalized spacial score (nSPS) is 14.9. The van der Waals surface area contributed by atoms with Gasteiger partial charge in [0.15, 0.2) is 0 Å². The number of amides is 5. The van der Waals surface area contributed by atoms with Gasteiger partial charge in [0, 0.05) is 30.1 Å². The SMILES string of the molecule is CCC(CC)NC(=O)[C@@H](NC(=O)C[C@H](N)[C@H](Cc1ccccc1)NC(=O)C(NC(=O)[C@H](CC(C)C)NC(=O)c1ccc(OC(F)(F)F)cc1)C(C)C)[C@@H](C)CC. The third-order valence-electron chi connectivity index (χ3n) is 9.63. The molecule has 0 bridgehead atoms. The highest BCUT2D eigenvalue weighted by Gasteiger charge is 2.34. The Hall–Kier alpha value is -4.66. The van der Waals surface area contributed by atoms with Gasteiger partial charge in [-0.25, -0.2) is 0 Å². The van der Waals surface area contributed by atoms with Gasteiger partial charge in [0.25, 0.3) is 5.91 Å². The first-order valence-electron chi connectivity index (χ1n) is 19.4. The Labute approximate surface area is 329 Å². The summed E-state index contributed by atoms with van der Waals surface area (Å²) in [7, 11) is 0. The van der Waals surface area contributed by atoms with Crippen LogP contribution in [0.1, 0.15) is 103 Å². The number of halogens is 3. The Morgan fingerprint density at radius 3 is 1.82 bits per heavy atom. The van der Waals surface area contributed by atoms with E-state index in [1.807, 2.05) is 71.9 Å². The number of hydrogen-bond acceptors (Lipinski definition) is 7. The number of nitrogens with two attached hydrogens (primary N) is 1. The van der Waals surface area contributed by atoms with Crippen LogP contribution in [0.3, 0.4) is 0 Å². The average molecular weight is 791 g/mol. The molecule has 1 unspecified atom stereocenters. The Morgan fingerprint density at radius 2 is 1.30 bits per heavy atom. The topological polar surface area (TPSA) is 181 Å². The third-order valence-corrected chi connectivity index (χ3v) is 9.63. The number of nitrogens with one attached hydrogen (secondary N) is 5. The lowest BCUT2D eigenvalue weighted by atomic mass is 9.94. The molecular weight excluding hydrogens is 729 g/mol. The summed E-state index contributed by atoms with van der Waals surface area (Å²) in [5, 5.41) is 14.3. The van der Waals surface area contributed by atoms with E-state index >= 15 is 0 Å². The van der Waals surface area contributed by atoms with E-state index in [0.717, 1.165) is 42.7 Å². The quantitative estimate of drug-likeness (QED) is 0.0955. The number of alkyl halides is 3. The van der Waals surface area contributed by atoms with Crippen molar-refractivity contribution in [2.75, 3.05) is 0 Å². The van der Waals surface area contributed by atoms with Gasteiger partial charge in [-0.15, -0.1) is 13.2 Å². The molecule has 0 aliphatic rings. The molecule has 5 amide bonds. The van der Waals surface area contributed by atoms with Crippen molar-refractivity contribution in [3.8, 4) is 5.75 Å². The van der Waals surface area contributed by atoms with Gasteiger partial charge in [0.2, 0.25) is 23.6 Å². The molecule has 0 aromatic heterocycles. The van der Waals surface area contributed by atoms with Gasteiger partial charge in [-0.1, -0.05) is 92.1 Å². The summed E-state index contributed by atoms with van der Waals surface area (Å²) in [6.45, 7) is 15.0. The number of ether oxygens (including phenoxy) is 1. The highest BCUT2D eigenvalue weighted by atomic mass is 19.4. The van der Waals surface area contributed by atoms with Crippen LogP contribution < -0.4 is 37.1 Å². The maximum atomic E-state index is 14.0. The van der Waals surface area contributed by atoms with Crippen LogP contribution in [-0.4, -0.2) is 72.1 Å². The molecule has 12 nitrogen and oxygen atoms in total. The zero-order chi connectivity index (χ0) is 42.2. The van der Waals surface area contributed by atoms with E-state index in [1.54, 1.807) is 13.8 Å². The van der Waals surface area contributed by atoms with Crippen molar-refractivity contribution in [1.82, 2.24) is 26.6 Å². The lowest BCUT2D eigenvalue weighted by Crippen LogP contribution is -2.59. The minimum Gasteiger partial charge on any atom is -0.406 e.